The van der Waals surface area contributed by atoms with Gasteiger partial charge < -0.3 is 4.74 Å². The van der Waals surface area contributed by atoms with Gasteiger partial charge in [0.1, 0.15) is 6.61 Å². The topological polar surface area (TPSA) is 80.7 Å². The molecular weight excluding hydrogens is 184 g/mol. The summed E-state index contributed by atoms with van der Waals surface area (Å²) in [5.74, 6) is -1.28. The Morgan fingerprint density at radius 2 is 2.17 bits per heavy atom. The van der Waals surface area contributed by atoms with Crippen LogP contribution in [-0.2, 0) is 19.6 Å². The summed E-state index contributed by atoms with van der Waals surface area (Å²) in [6.45, 7) is 3.34. The third-order valence-electron chi connectivity index (χ3n) is 0.926. The predicted molar refractivity (Wildman–Crippen MR) is 42.2 cm³/mol. The molecule has 0 aliphatic rings. The molecule has 0 amide bonds. The van der Waals surface area contributed by atoms with E-state index in [4.69, 9.17) is 4.55 Å². The van der Waals surface area contributed by atoms with Crippen molar-refractivity contribution in [3.63, 3.8) is 0 Å². The number of ether oxygens (including phenoxy) is 1. The second-order valence-corrected chi connectivity index (χ2v) is 3.58. The highest BCUT2D eigenvalue weighted by molar-refractivity contribution is 7.85. The van der Waals surface area contributed by atoms with E-state index in [-0.39, 0.29) is 13.0 Å². The van der Waals surface area contributed by atoms with Crippen molar-refractivity contribution >= 4 is 16.1 Å². The van der Waals surface area contributed by atoms with Crippen LogP contribution in [-0.4, -0.2) is 31.3 Å². The average Bonchev–Trinajstić information content (AvgIpc) is 1.95. The smallest absolute Gasteiger partial charge is 0.307 e. The monoisotopic (exact) mass is 194 g/mol. The second-order valence-electron chi connectivity index (χ2n) is 2.01. The molecule has 0 aromatic rings. The van der Waals surface area contributed by atoms with Crippen LogP contribution in [0, 0.1) is 0 Å². The second kappa shape index (κ2) is 4.89. The molecule has 0 radical (unpaired) electrons. The molecule has 0 aromatic heterocycles. The number of rotatable bonds is 5. The van der Waals surface area contributed by atoms with E-state index >= 15 is 0 Å². The Hall–Kier alpha value is -0.880. The highest BCUT2D eigenvalue weighted by atomic mass is 32.2. The Balaban J connectivity index is 3.65. The van der Waals surface area contributed by atoms with Crippen molar-refractivity contribution in [3.05, 3.63) is 12.7 Å². The summed E-state index contributed by atoms with van der Waals surface area (Å²) >= 11 is 0. The normalized spacial score (nSPS) is 10.8. The standard InChI is InChI=1S/C6H10O5S/c1-2-4-11-6(7)3-5-12(8,9)10/h2H,1,3-5H2,(H,8,9,10). The van der Waals surface area contributed by atoms with Crippen molar-refractivity contribution in [1.82, 2.24) is 0 Å². The molecule has 0 atom stereocenters. The Kier molecular flexibility index (Phi) is 4.53. The molecule has 0 saturated carbocycles. The third kappa shape index (κ3) is 7.23. The van der Waals surface area contributed by atoms with E-state index in [9.17, 15) is 13.2 Å². The van der Waals surface area contributed by atoms with E-state index in [0.717, 1.165) is 0 Å². The maximum absolute atomic E-state index is 10.6. The summed E-state index contributed by atoms with van der Waals surface area (Å²) in [5, 5.41) is 0. The van der Waals surface area contributed by atoms with E-state index in [1.807, 2.05) is 0 Å². The van der Waals surface area contributed by atoms with Gasteiger partial charge in [-0.15, -0.1) is 0 Å². The van der Waals surface area contributed by atoms with Crippen LogP contribution in [0.2, 0.25) is 0 Å². The van der Waals surface area contributed by atoms with Crippen LogP contribution in [0.4, 0.5) is 0 Å². The molecule has 0 spiro atoms. The molecule has 0 aliphatic heterocycles. The Bertz CT molecular complexity index is 253. The highest BCUT2D eigenvalue weighted by Gasteiger charge is 2.09. The molecule has 6 heteroatoms. The molecular formula is C6H10O5S. The first-order valence-corrected chi connectivity index (χ1v) is 4.78. The molecule has 0 fully saturated rings. The zero-order valence-corrected chi connectivity index (χ0v) is 7.21. The van der Waals surface area contributed by atoms with Gasteiger partial charge in [-0.3, -0.25) is 9.35 Å². The third-order valence-corrected chi connectivity index (χ3v) is 1.65. The quantitative estimate of drug-likeness (QED) is 0.378. The summed E-state index contributed by atoms with van der Waals surface area (Å²) in [7, 11) is -4.07. The molecule has 0 rings (SSSR count). The Morgan fingerprint density at radius 3 is 2.58 bits per heavy atom. The number of esters is 1. The maximum Gasteiger partial charge on any atom is 0.307 e. The largest absolute Gasteiger partial charge is 0.461 e. The van der Waals surface area contributed by atoms with E-state index < -0.39 is 21.8 Å². The summed E-state index contributed by atoms with van der Waals surface area (Å²) in [4.78, 5) is 10.6. The molecule has 0 heterocycles. The van der Waals surface area contributed by atoms with E-state index in [1.165, 1.54) is 6.08 Å². The van der Waals surface area contributed by atoms with Gasteiger partial charge in [-0.2, -0.15) is 8.42 Å². The van der Waals surface area contributed by atoms with Gasteiger partial charge in [0.15, 0.2) is 0 Å². The van der Waals surface area contributed by atoms with Gasteiger partial charge in [-0.25, -0.2) is 0 Å². The summed E-state index contributed by atoms with van der Waals surface area (Å²) in [6, 6.07) is 0. The minimum Gasteiger partial charge on any atom is -0.461 e. The lowest BCUT2D eigenvalue weighted by molar-refractivity contribution is -0.141. The molecule has 5 nitrogen and oxygen atoms in total. The predicted octanol–water partition coefficient (Wildman–Crippen LogP) is -0.00650. The van der Waals surface area contributed by atoms with Crippen LogP contribution in [0.25, 0.3) is 0 Å². The summed E-state index contributed by atoms with van der Waals surface area (Å²) < 4.78 is 33.0. The lowest BCUT2D eigenvalue weighted by Crippen LogP contribution is -2.12. The van der Waals surface area contributed by atoms with Gasteiger partial charge in [-0.1, -0.05) is 12.7 Å². The van der Waals surface area contributed by atoms with Gasteiger partial charge >= 0.3 is 5.97 Å². The van der Waals surface area contributed by atoms with Gasteiger partial charge in [0.2, 0.25) is 0 Å². The SMILES string of the molecule is C=CCOC(=O)CCS(=O)(=O)O. The molecule has 0 unspecified atom stereocenters. The number of carbonyl (C=O) groups is 1. The fourth-order valence-corrected chi connectivity index (χ4v) is 0.861. The average molecular weight is 194 g/mol. The molecule has 0 saturated heterocycles. The Morgan fingerprint density at radius 1 is 1.58 bits per heavy atom. The minimum atomic E-state index is -4.07. The van der Waals surface area contributed by atoms with Crippen LogP contribution in [0.3, 0.4) is 0 Å². The van der Waals surface area contributed by atoms with Gasteiger partial charge in [-0.05, 0) is 0 Å². The van der Waals surface area contributed by atoms with Crippen molar-refractivity contribution in [2.45, 2.75) is 6.42 Å². The fraction of sp³-hybridized carbons (Fsp3) is 0.500. The van der Waals surface area contributed by atoms with Gasteiger partial charge in [0.05, 0.1) is 12.2 Å². The first kappa shape index (κ1) is 11.1. The molecule has 1 N–H and O–H groups in total. The van der Waals surface area contributed by atoms with Crippen LogP contribution in [0.1, 0.15) is 6.42 Å². The maximum atomic E-state index is 10.6. The van der Waals surface area contributed by atoms with Crippen molar-refractivity contribution in [2.24, 2.45) is 0 Å². The van der Waals surface area contributed by atoms with Gasteiger partial charge in [0, 0.05) is 0 Å². The van der Waals surface area contributed by atoms with Crippen LogP contribution < -0.4 is 0 Å². The highest BCUT2D eigenvalue weighted by Crippen LogP contribution is 1.91. The fourth-order valence-electron chi connectivity index (χ4n) is 0.436. The van der Waals surface area contributed by atoms with Crippen LogP contribution in [0.15, 0.2) is 12.7 Å². The number of hydrogen-bond donors (Lipinski definition) is 1. The molecule has 70 valence electrons. The molecule has 0 aromatic carbocycles. The summed E-state index contributed by atoms with van der Waals surface area (Å²) in [6.07, 6.45) is 1.03. The molecule has 0 bridgehead atoms. The van der Waals surface area contributed by atoms with Crippen LogP contribution >= 0.6 is 0 Å². The van der Waals surface area contributed by atoms with E-state index in [0.29, 0.717) is 0 Å². The van der Waals surface area contributed by atoms with Crippen molar-refractivity contribution in [1.29, 1.82) is 0 Å². The minimum absolute atomic E-state index is 0.0459. The van der Waals surface area contributed by atoms with E-state index in [1.54, 1.807) is 0 Å². The zero-order valence-electron chi connectivity index (χ0n) is 6.39. The van der Waals surface area contributed by atoms with Crippen molar-refractivity contribution in [3.8, 4) is 0 Å². The Labute approximate surface area is 70.8 Å². The lowest BCUT2D eigenvalue weighted by atomic mass is 10.5. The van der Waals surface area contributed by atoms with Crippen LogP contribution in [0.5, 0.6) is 0 Å². The van der Waals surface area contributed by atoms with Crippen molar-refractivity contribution in [2.75, 3.05) is 12.4 Å². The van der Waals surface area contributed by atoms with E-state index in [2.05, 4.69) is 11.3 Å². The molecule has 0 aliphatic carbocycles. The first-order chi connectivity index (χ1) is 5.45. The van der Waals surface area contributed by atoms with Gasteiger partial charge in [0.25, 0.3) is 10.1 Å². The number of carbonyl (C=O) groups excluding carboxylic acids is 1. The number of hydrogen-bond acceptors (Lipinski definition) is 4. The zero-order chi connectivity index (χ0) is 9.61. The lowest BCUT2D eigenvalue weighted by Gasteiger charge is -1.99. The molecule has 12 heavy (non-hydrogen) atoms. The van der Waals surface area contributed by atoms with Crippen molar-refractivity contribution < 1.29 is 22.5 Å². The summed E-state index contributed by atoms with van der Waals surface area (Å²) in [5.41, 5.74) is 0. The first-order valence-electron chi connectivity index (χ1n) is 3.17.